The molecule has 0 aliphatic rings. The van der Waals surface area contributed by atoms with Gasteiger partial charge in [0.15, 0.2) is 11.6 Å². The van der Waals surface area contributed by atoms with Crippen molar-refractivity contribution in [2.75, 3.05) is 0 Å². The molecule has 2 rings (SSSR count). The largest absolute Gasteiger partial charge is 0.486 e. The van der Waals surface area contributed by atoms with E-state index in [0.29, 0.717) is 5.56 Å². The summed E-state index contributed by atoms with van der Waals surface area (Å²) in [6, 6.07) is 8.80. The number of nitrogens with two attached hydrogens (primary N) is 1. The number of hydrogen-bond donors (Lipinski definition) is 1. The topological polar surface area (TPSA) is 35.2 Å². The third kappa shape index (κ3) is 3.26. The number of hydrogen-bond acceptors (Lipinski definition) is 2. The third-order valence-corrected chi connectivity index (χ3v) is 3.19. The zero-order valence-electron chi connectivity index (χ0n) is 10.9. The second-order valence-electron chi connectivity index (χ2n) is 4.48. The van der Waals surface area contributed by atoms with Crippen LogP contribution in [0.25, 0.3) is 0 Å². The Hall–Kier alpha value is -1.65. The lowest BCUT2D eigenvalue weighted by Crippen LogP contribution is -2.06. The van der Waals surface area contributed by atoms with Gasteiger partial charge in [-0.25, -0.2) is 8.78 Å². The summed E-state index contributed by atoms with van der Waals surface area (Å²) in [4.78, 5) is 0. The SMILES string of the molecule is C[C@H](N)c1ccc(OCc2cccc(Cl)c2F)c(F)c1. The van der Waals surface area contributed by atoms with Crippen molar-refractivity contribution in [2.45, 2.75) is 19.6 Å². The zero-order valence-corrected chi connectivity index (χ0v) is 11.6. The number of ether oxygens (including phenoxy) is 1. The molecule has 2 aromatic rings. The Bertz CT molecular complexity index is 617. The van der Waals surface area contributed by atoms with Crippen molar-refractivity contribution in [2.24, 2.45) is 5.73 Å². The summed E-state index contributed by atoms with van der Waals surface area (Å²) in [5.74, 6) is -1.03. The van der Waals surface area contributed by atoms with Gasteiger partial charge < -0.3 is 10.5 Å². The maximum absolute atomic E-state index is 13.8. The molecule has 0 fully saturated rings. The minimum Gasteiger partial charge on any atom is -0.486 e. The first-order valence-corrected chi connectivity index (χ1v) is 6.47. The Labute approximate surface area is 121 Å². The Kier molecular flexibility index (Phi) is 4.57. The molecule has 0 saturated heterocycles. The van der Waals surface area contributed by atoms with Crippen molar-refractivity contribution < 1.29 is 13.5 Å². The van der Waals surface area contributed by atoms with Crippen LogP contribution in [0.1, 0.15) is 24.1 Å². The van der Waals surface area contributed by atoms with Gasteiger partial charge in [0.2, 0.25) is 0 Å². The molecule has 5 heteroatoms. The maximum Gasteiger partial charge on any atom is 0.165 e. The maximum atomic E-state index is 13.8. The second-order valence-corrected chi connectivity index (χ2v) is 4.89. The molecule has 2 nitrogen and oxygen atoms in total. The molecule has 0 spiro atoms. The second kappa shape index (κ2) is 6.20. The summed E-state index contributed by atoms with van der Waals surface area (Å²) >= 11 is 5.66. The van der Waals surface area contributed by atoms with Crippen LogP contribution in [0.2, 0.25) is 5.02 Å². The normalized spacial score (nSPS) is 12.2. The van der Waals surface area contributed by atoms with Gasteiger partial charge in [0.25, 0.3) is 0 Å². The van der Waals surface area contributed by atoms with Crippen LogP contribution in [-0.4, -0.2) is 0 Å². The first-order valence-electron chi connectivity index (χ1n) is 6.09. The summed E-state index contributed by atoms with van der Waals surface area (Å²) in [5.41, 5.74) is 6.60. The molecule has 106 valence electrons. The number of benzene rings is 2. The molecule has 0 bridgehead atoms. The number of halogens is 3. The molecule has 0 aromatic heterocycles. The van der Waals surface area contributed by atoms with E-state index in [2.05, 4.69) is 0 Å². The van der Waals surface area contributed by atoms with Crippen LogP contribution in [0.3, 0.4) is 0 Å². The highest BCUT2D eigenvalue weighted by Gasteiger charge is 2.10. The fraction of sp³-hybridized carbons (Fsp3) is 0.200. The van der Waals surface area contributed by atoms with E-state index in [9.17, 15) is 8.78 Å². The van der Waals surface area contributed by atoms with E-state index in [4.69, 9.17) is 22.1 Å². The highest BCUT2D eigenvalue weighted by molar-refractivity contribution is 6.30. The molecule has 2 N–H and O–H groups in total. The van der Waals surface area contributed by atoms with E-state index in [1.54, 1.807) is 19.1 Å². The van der Waals surface area contributed by atoms with E-state index in [1.165, 1.54) is 24.3 Å². The Morgan fingerprint density at radius 3 is 2.65 bits per heavy atom. The first-order chi connectivity index (χ1) is 9.49. The molecular weight excluding hydrogens is 284 g/mol. The van der Waals surface area contributed by atoms with Crippen LogP contribution in [0.5, 0.6) is 5.75 Å². The summed E-state index contributed by atoms with van der Waals surface area (Å²) in [6.45, 7) is 1.66. The minimum atomic E-state index is -0.554. The highest BCUT2D eigenvalue weighted by atomic mass is 35.5. The van der Waals surface area contributed by atoms with Crippen molar-refractivity contribution in [1.82, 2.24) is 0 Å². The molecule has 0 saturated carbocycles. The van der Waals surface area contributed by atoms with E-state index < -0.39 is 11.6 Å². The summed E-state index contributed by atoms with van der Waals surface area (Å²) in [6.07, 6.45) is 0. The van der Waals surface area contributed by atoms with Gasteiger partial charge in [-0.1, -0.05) is 29.8 Å². The van der Waals surface area contributed by atoms with Gasteiger partial charge in [0.1, 0.15) is 12.4 Å². The van der Waals surface area contributed by atoms with Crippen molar-refractivity contribution in [3.05, 3.63) is 64.2 Å². The molecule has 0 unspecified atom stereocenters. The molecule has 0 aliphatic carbocycles. The Morgan fingerprint density at radius 1 is 1.25 bits per heavy atom. The van der Waals surface area contributed by atoms with E-state index >= 15 is 0 Å². The molecular formula is C15H14ClF2NO. The summed E-state index contributed by atoms with van der Waals surface area (Å²) in [7, 11) is 0. The van der Waals surface area contributed by atoms with Crippen LogP contribution in [0.15, 0.2) is 36.4 Å². The molecule has 0 heterocycles. The highest BCUT2D eigenvalue weighted by Crippen LogP contribution is 2.24. The quantitative estimate of drug-likeness (QED) is 0.917. The lowest BCUT2D eigenvalue weighted by atomic mass is 10.1. The van der Waals surface area contributed by atoms with Crippen LogP contribution >= 0.6 is 11.6 Å². The summed E-state index contributed by atoms with van der Waals surface area (Å²) in [5, 5.41) is 0.0128. The summed E-state index contributed by atoms with van der Waals surface area (Å²) < 4.78 is 32.7. The average Bonchev–Trinajstić information content (AvgIpc) is 2.41. The lowest BCUT2D eigenvalue weighted by molar-refractivity contribution is 0.284. The third-order valence-electron chi connectivity index (χ3n) is 2.90. The van der Waals surface area contributed by atoms with E-state index in [1.807, 2.05) is 0 Å². The van der Waals surface area contributed by atoms with Crippen molar-refractivity contribution in [3.8, 4) is 5.75 Å². The van der Waals surface area contributed by atoms with Crippen LogP contribution in [0.4, 0.5) is 8.78 Å². The van der Waals surface area contributed by atoms with Crippen LogP contribution < -0.4 is 10.5 Å². The van der Waals surface area contributed by atoms with E-state index in [-0.39, 0.29) is 29.0 Å². The van der Waals surface area contributed by atoms with Gasteiger partial charge in [0.05, 0.1) is 5.02 Å². The molecule has 20 heavy (non-hydrogen) atoms. The smallest absolute Gasteiger partial charge is 0.165 e. The van der Waals surface area contributed by atoms with Crippen LogP contribution in [0, 0.1) is 11.6 Å². The predicted molar refractivity (Wildman–Crippen MR) is 74.7 cm³/mol. The van der Waals surface area contributed by atoms with Gasteiger partial charge in [-0.3, -0.25) is 0 Å². The monoisotopic (exact) mass is 297 g/mol. The van der Waals surface area contributed by atoms with Gasteiger partial charge >= 0.3 is 0 Å². The average molecular weight is 298 g/mol. The van der Waals surface area contributed by atoms with Gasteiger partial charge in [0, 0.05) is 11.6 Å². The predicted octanol–water partition coefficient (Wildman–Crippen LogP) is 4.22. The molecule has 1 atom stereocenters. The Morgan fingerprint density at radius 2 is 2.00 bits per heavy atom. The van der Waals surface area contributed by atoms with Crippen molar-refractivity contribution in [3.63, 3.8) is 0 Å². The van der Waals surface area contributed by atoms with Gasteiger partial charge in [-0.2, -0.15) is 0 Å². The molecule has 0 aliphatic heterocycles. The molecule has 0 amide bonds. The Balaban J connectivity index is 2.13. The lowest BCUT2D eigenvalue weighted by Gasteiger charge is -2.11. The van der Waals surface area contributed by atoms with Crippen LogP contribution in [-0.2, 0) is 6.61 Å². The van der Waals surface area contributed by atoms with Gasteiger partial charge in [-0.05, 0) is 30.7 Å². The number of rotatable bonds is 4. The molecule has 0 radical (unpaired) electrons. The van der Waals surface area contributed by atoms with Crippen molar-refractivity contribution in [1.29, 1.82) is 0 Å². The van der Waals surface area contributed by atoms with E-state index in [0.717, 1.165) is 0 Å². The minimum absolute atomic E-state index is 0.0128. The fourth-order valence-electron chi connectivity index (χ4n) is 1.73. The first kappa shape index (κ1) is 14.8. The standard InChI is InChI=1S/C15H14ClF2NO/c1-9(19)10-5-6-14(13(17)7-10)20-8-11-3-2-4-12(16)15(11)18/h2-7,9H,8,19H2,1H3/t9-/m0/s1. The fourth-order valence-corrected chi connectivity index (χ4v) is 1.93. The van der Waals surface area contributed by atoms with Gasteiger partial charge in [-0.15, -0.1) is 0 Å². The van der Waals surface area contributed by atoms with Crippen molar-refractivity contribution >= 4 is 11.6 Å². The zero-order chi connectivity index (χ0) is 14.7. The molecule has 2 aromatic carbocycles.